The van der Waals surface area contributed by atoms with E-state index in [9.17, 15) is 4.79 Å². The molecule has 0 bridgehead atoms. The summed E-state index contributed by atoms with van der Waals surface area (Å²) in [5.74, 6) is 2.16. The van der Waals surface area contributed by atoms with E-state index in [1.54, 1.807) is 18.4 Å². The van der Waals surface area contributed by atoms with Gasteiger partial charge in [-0.3, -0.25) is 4.79 Å². The van der Waals surface area contributed by atoms with Gasteiger partial charge < -0.3 is 24.4 Å². The number of carbonyl (C=O) groups is 1. The number of benzene rings is 2. The van der Waals surface area contributed by atoms with E-state index in [4.69, 9.17) is 14.2 Å². The Kier molecular flexibility index (Phi) is 4.20. The van der Waals surface area contributed by atoms with Crippen molar-refractivity contribution in [3.8, 4) is 17.2 Å². The molecule has 0 saturated carbocycles. The average molecular weight is 397 g/mol. The van der Waals surface area contributed by atoms with Crippen LogP contribution in [0.4, 0.5) is 10.8 Å². The van der Waals surface area contributed by atoms with Crippen molar-refractivity contribution in [1.29, 1.82) is 0 Å². The Hall–Kier alpha value is -3.00. The monoisotopic (exact) mass is 397 g/mol. The lowest BCUT2D eigenvalue weighted by Gasteiger charge is -2.37. The summed E-state index contributed by atoms with van der Waals surface area (Å²) in [6.45, 7) is 2.39. The molecule has 5 rings (SSSR count). The molecule has 144 valence electrons. The molecule has 0 atom stereocenters. The third-order valence-electron chi connectivity index (χ3n) is 4.92. The highest BCUT2D eigenvalue weighted by atomic mass is 32.1. The fourth-order valence-corrected chi connectivity index (χ4v) is 4.33. The van der Waals surface area contributed by atoms with Gasteiger partial charge in [0.1, 0.15) is 19.0 Å². The van der Waals surface area contributed by atoms with Crippen LogP contribution in [0, 0.1) is 5.92 Å². The quantitative estimate of drug-likeness (QED) is 0.729. The van der Waals surface area contributed by atoms with Crippen LogP contribution in [0.1, 0.15) is 0 Å². The zero-order chi connectivity index (χ0) is 19.1. The Morgan fingerprint density at radius 2 is 2.00 bits per heavy atom. The lowest BCUT2D eigenvalue weighted by Crippen LogP contribution is -2.52. The SMILES string of the molecule is COc1ccc2nc(N3CC(C(=O)Nc4ccc5c(c4)OCCO5)C3)sc2c1. The molecule has 0 aliphatic carbocycles. The Balaban J connectivity index is 1.22. The Bertz CT molecular complexity index is 1050. The van der Waals surface area contributed by atoms with Crippen molar-refractivity contribution in [1.82, 2.24) is 4.98 Å². The second-order valence-electron chi connectivity index (χ2n) is 6.78. The van der Waals surface area contributed by atoms with Gasteiger partial charge in [-0.1, -0.05) is 11.3 Å². The minimum atomic E-state index is -0.0604. The molecule has 8 heteroatoms. The van der Waals surface area contributed by atoms with Crippen molar-refractivity contribution in [2.24, 2.45) is 5.92 Å². The third-order valence-corrected chi connectivity index (χ3v) is 6.00. The molecule has 1 fully saturated rings. The van der Waals surface area contributed by atoms with Crippen LogP contribution in [0.5, 0.6) is 17.2 Å². The van der Waals surface area contributed by atoms with Crippen molar-refractivity contribution >= 4 is 38.3 Å². The largest absolute Gasteiger partial charge is 0.497 e. The van der Waals surface area contributed by atoms with Gasteiger partial charge >= 0.3 is 0 Å². The van der Waals surface area contributed by atoms with Crippen LogP contribution in [0.3, 0.4) is 0 Å². The van der Waals surface area contributed by atoms with E-state index in [0.717, 1.165) is 26.8 Å². The molecule has 3 heterocycles. The lowest BCUT2D eigenvalue weighted by molar-refractivity contribution is -0.120. The van der Waals surface area contributed by atoms with E-state index in [1.807, 2.05) is 36.4 Å². The molecule has 1 amide bonds. The topological polar surface area (TPSA) is 72.9 Å². The van der Waals surface area contributed by atoms with Crippen LogP contribution in [-0.2, 0) is 4.79 Å². The van der Waals surface area contributed by atoms with Gasteiger partial charge in [-0.2, -0.15) is 0 Å². The van der Waals surface area contributed by atoms with Crippen LogP contribution in [0.25, 0.3) is 10.2 Å². The minimum absolute atomic E-state index is 0.00991. The van der Waals surface area contributed by atoms with Gasteiger partial charge in [-0.25, -0.2) is 4.98 Å². The first kappa shape index (κ1) is 17.1. The molecule has 1 N–H and O–H groups in total. The number of thiazole rings is 1. The maximum atomic E-state index is 12.6. The summed E-state index contributed by atoms with van der Waals surface area (Å²) in [6.07, 6.45) is 0. The number of hydrogen-bond donors (Lipinski definition) is 1. The number of carbonyl (C=O) groups excluding carboxylic acids is 1. The molecule has 1 saturated heterocycles. The Labute approximate surface area is 165 Å². The molecular formula is C20H19N3O4S. The number of rotatable bonds is 4. The van der Waals surface area contributed by atoms with Crippen LogP contribution >= 0.6 is 11.3 Å². The number of nitrogens with one attached hydrogen (secondary N) is 1. The average Bonchev–Trinajstić information content (AvgIpc) is 3.09. The van der Waals surface area contributed by atoms with E-state index in [-0.39, 0.29) is 11.8 Å². The Morgan fingerprint density at radius 3 is 2.82 bits per heavy atom. The molecule has 28 heavy (non-hydrogen) atoms. The van der Waals surface area contributed by atoms with Crippen LogP contribution in [0.15, 0.2) is 36.4 Å². The number of ether oxygens (including phenoxy) is 3. The molecule has 0 radical (unpaired) electrons. The van der Waals surface area contributed by atoms with E-state index < -0.39 is 0 Å². The van der Waals surface area contributed by atoms with Gasteiger partial charge in [-0.15, -0.1) is 0 Å². The first-order chi connectivity index (χ1) is 13.7. The van der Waals surface area contributed by atoms with Crippen LogP contribution in [-0.4, -0.2) is 44.3 Å². The summed E-state index contributed by atoms with van der Waals surface area (Å²) < 4.78 is 17.4. The number of methoxy groups -OCH3 is 1. The summed E-state index contributed by atoms with van der Waals surface area (Å²) >= 11 is 1.62. The molecule has 7 nitrogen and oxygen atoms in total. The normalized spacial score (nSPS) is 16.0. The number of nitrogens with zero attached hydrogens (tertiary/aromatic N) is 2. The van der Waals surface area contributed by atoms with Crippen molar-refractivity contribution in [2.75, 3.05) is 43.6 Å². The first-order valence-corrected chi connectivity index (χ1v) is 9.91. The lowest BCUT2D eigenvalue weighted by atomic mass is 10.00. The molecule has 3 aromatic rings. The predicted octanol–water partition coefficient (Wildman–Crippen LogP) is 3.15. The summed E-state index contributed by atoms with van der Waals surface area (Å²) in [5, 5.41) is 3.91. The summed E-state index contributed by atoms with van der Waals surface area (Å²) in [6, 6.07) is 11.3. The molecule has 0 spiro atoms. The van der Waals surface area contributed by atoms with E-state index in [1.165, 1.54) is 0 Å². The standard InChI is InChI=1S/C20H19N3O4S/c1-25-14-3-4-15-18(9-14)28-20(22-15)23-10-12(11-23)19(24)21-13-2-5-16-17(8-13)27-7-6-26-16/h2-5,8-9,12H,6-7,10-11H2,1H3,(H,21,24). The number of fused-ring (bicyclic) bond motifs is 2. The van der Waals surface area contributed by atoms with Crippen molar-refractivity contribution in [3.63, 3.8) is 0 Å². The van der Waals surface area contributed by atoms with Gasteiger partial charge in [0.25, 0.3) is 0 Å². The number of amides is 1. The van der Waals surface area contributed by atoms with Crippen molar-refractivity contribution in [2.45, 2.75) is 0 Å². The zero-order valence-corrected chi connectivity index (χ0v) is 16.1. The van der Waals surface area contributed by atoms with Gasteiger partial charge in [0.05, 0.1) is 23.2 Å². The maximum absolute atomic E-state index is 12.6. The van der Waals surface area contributed by atoms with Crippen LogP contribution in [0.2, 0.25) is 0 Å². The van der Waals surface area contributed by atoms with Crippen molar-refractivity contribution in [3.05, 3.63) is 36.4 Å². The summed E-state index contributed by atoms with van der Waals surface area (Å²) in [5.41, 5.74) is 1.67. The van der Waals surface area contributed by atoms with E-state index in [2.05, 4.69) is 15.2 Å². The highest BCUT2D eigenvalue weighted by Crippen LogP contribution is 2.36. The number of anilines is 2. The molecular weight excluding hydrogens is 378 g/mol. The third kappa shape index (κ3) is 3.09. The maximum Gasteiger partial charge on any atom is 0.231 e. The summed E-state index contributed by atoms with van der Waals surface area (Å²) in [7, 11) is 1.66. The second-order valence-corrected chi connectivity index (χ2v) is 7.79. The molecule has 2 aromatic carbocycles. The highest BCUT2D eigenvalue weighted by molar-refractivity contribution is 7.22. The van der Waals surface area contributed by atoms with Gasteiger partial charge in [0.15, 0.2) is 16.6 Å². The Morgan fingerprint density at radius 1 is 1.18 bits per heavy atom. The van der Waals surface area contributed by atoms with Gasteiger partial charge in [0.2, 0.25) is 5.91 Å². The second kappa shape index (κ2) is 6.87. The number of hydrogen-bond acceptors (Lipinski definition) is 7. The minimum Gasteiger partial charge on any atom is -0.497 e. The molecule has 1 aromatic heterocycles. The fourth-order valence-electron chi connectivity index (χ4n) is 3.32. The smallest absolute Gasteiger partial charge is 0.231 e. The molecule has 0 unspecified atom stereocenters. The zero-order valence-electron chi connectivity index (χ0n) is 15.3. The van der Waals surface area contributed by atoms with Gasteiger partial charge in [0, 0.05) is 24.8 Å². The van der Waals surface area contributed by atoms with E-state index in [0.29, 0.717) is 37.8 Å². The summed E-state index contributed by atoms with van der Waals surface area (Å²) in [4.78, 5) is 19.3. The first-order valence-electron chi connectivity index (χ1n) is 9.09. The molecule has 2 aliphatic heterocycles. The molecule has 2 aliphatic rings. The van der Waals surface area contributed by atoms with E-state index >= 15 is 0 Å². The van der Waals surface area contributed by atoms with Gasteiger partial charge in [-0.05, 0) is 30.3 Å². The van der Waals surface area contributed by atoms with Crippen molar-refractivity contribution < 1.29 is 19.0 Å². The highest BCUT2D eigenvalue weighted by Gasteiger charge is 2.34. The number of aromatic nitrogens is 1. The fraction of sp³-hybridized carbons (Fsp3) is 0.300. The van der Waals surface area contributed by atoms with Crippen LogP contribution < -0.4 is 24.4 Å². The predicted molar refractivity (Wildman–Crippen MR) is 108 cm³/mol.